The van der Waals surface area contributed by atoms with Gasteiger partial charge in [0, 0.05) is 24.3 Å². The minimum Gasteiger partial charge on any atom is -0.347 e. The second-order valence-electron chi connectivity index (χ2n) is 6.27. The molecule has 1 aromatic carbocycles. The minimum absolute atomic E-state index is 0.0792. The van der Waals surface area contributed by atoms with E-state index < -0.39 is 17.5 Å². The summed E-state index contributed by atoms with van der Waals surface area (Å²) in [6.45, 7) is 5.08. The zero-order valence-electron chi connectivity index (χ0n) is 15.4. The highest BCUT2D eigenvalue weighted by Crippen LogP contribution is 2.37. The summed E-state index contributed by atoms with van der Waals surface area (Å²) in [6.07, 6.45) is 0.440. The van der Waals surface area contributed by atoms with E-state index in [1.165, 1.54) is 12.1 Å². The van der Waals surface area contributed by atoms with Crippen LogP contribution in [0.15, 0.2) is 18.2 Å². The molecule has 2 aromatic rings. The van der Waals surface area contributed by atoms with Crippen LogP contribution in [0.1, 0.15) is 35.5 Å². The number of benzene rings is 1. The highest BCUT2D eigenvalue weighted by Gasteiger charge is 2.29. The number of hydrogen-bond acceptors (Lipinski definition) is 4. The van der Waals surface area contributed by atoms with Gasteiger partial charge in [0.25, 0.3) is 11.7 Å². The van der Waals surface area contributed by atoms with Gasteiger partial charge in [-0.05, 0) is 38.5 Å². The first-order chi connectivity index (χ1) is 12.7. The molecule has 0 aliphatic heterocycles. The Morgan fingerprint density at radius 1 is 1.33 bits per heavy atom. The molecule has 0 spiro atoms. The summed E-state index contributed by atoms with van der Waals surface area (Å²) in [6, 6.07) is 5.26. The fraction of sp³-hybridized carbons (Fsp3) is 0.263. The van der Waals surface area contributed by atoms with Crippen molar-refractivity contribution < 1.29 is 18.8 Å². The van der Waals surface area contributed by atoms with Crippen molar-refractivity contribution in [3.63, 3.8) is 0 Å². The molecule has 1 heterocycles. The lowest BCUT2D eigenvalue weighted by atomic mass is 9.97. The molecule has 2 N–H and O–H groups in total. The number of amides is 2. The van der Waals surface area contributed by atoms with E-state index >= 15 is 0 Å². The maximum atomic E-state index is 13.7. The summed E-state index contributed by atoms with van der Waals surface area (Å²) in [7, 11) is 1.62. The molecule has 2 rings (SSSR count). The van der Waals surface area contributed by atoms with Crippen LogP contribution in [-0.2, 0) is 16.6 Å². The lowest BCUT2D eigenvalue weighted by Crippen LogP contribution is -2.36. The van der Waals surface area contributed by atoms with Gasteiger partial charge in [-0.3, -0.25) is 14.4 Å². The number of carbonyl (C=O) groups is 3. The largest absolute Gasteiger partial charge is 0.347 e. The van der Waals surface area contributed by atoms with E-state index in [4.69, 9.17) is 5.26 Å². The van der Waals surface area contributed by atoms with Crippen LogP contribution >= 0.6 is 0 Å². The van der Waals surface area contributed by atoms with Crippen molar-refractivity contribution in [2.24, 2.45) is 7.05 Å². The molecule has 0 aliphatic carbocycles. The third kappa shape index (κ3) is 3.72. The number of rotatable bonds is 6. The van der Waals surface area contributed by atoms with Crippen molar-refractivity contribution in [1.82, 2.24) is 9.88 Å². The number of nitrogens with one attached hydrogen (secondary N) is 2. The van der Waals surface area contributed by atoms with Crippen molar-refractivity contribution >= 4 is 23.9 Å². The molecule has 140 valence electrons. The van der Waals surface area contributed by atoms with Crippen LogP contribution in [0.2, 0.25) is 0 Å². The van der Waals surface area contributed by atoms with Gasteiger partial charge in [-0.2, -0.15) is 5.26 Å². The van der Waals surface area contributed by atoms with E-state index in [1.54, 1.807) is 38.5 Å². The zero-order chi connectivity index (χ0) is 20.3. The lowest BCUT2D eigenvalue weighted by Gasteiger charge is -2.10. The molecule has 1 aromatic heterocycles. The number of halogens is 1. The Morgan fingerprint density at radius 2 is 2.00 bits per heavy atom. The first kappa shape index (κ1) is 19.8. The van der Waals surface area contributed by atoms with E-state index in [9.17, 15) is 18.8 Å². The monoisotopic (exact) mass is 370 g/mol. The van der Waals surface area contributed by atoms with E-state index in [2.05, 4.69) is 10.6 Å². The molecule has 7 nitrogen and oxygen atoms in total. The first-order valence-electron chi connectivity index (χ1n) is 8.17. The van der Waals surface area contributed by atoms with Crippen LogP contribution in [-0.4, -0.2) is 28.7 Å². The summed E-state index contributed by atoms with van der Waals surface area (Å²) in [4.78, 5) is 36.1. The van der Waals surface area contributed by atoms with Crippen molar-refractivity contribution in [1.29, 1.82) is 5.26 Å². The summed E-state index contributed by atoms with van der Waals surface area (Å²) in [5.41, 5.74) is 0.900. The Morgan fingerprint density at radius 3 is 2.56 bits per heavy atom. The molecule has 8 heteroatoms. The molecular weight excluding hydrogens is 351 g/mol. The summed E-state index contributed by atoms with van der Waals surface area (Å²) >= 11 is 0. The number of ketones is 1. The number of nitriles is 1. The van der Waals surface area contributed by atoms with Gasteiger partial charge in [-0.25, -0.2) is 4.39 Å². The Bertz CT molecular complexity index is 970. The number of aromatic nitrogens is 1. The highest BCUT2D eigenvalue weighted by molar-refractivity contribution is 6.44. The van der Waals surface area contributed by atoms with Gasteiger partial charge in [-0.15, -0.1) is 0 Å². The van der Waals surface area contributed by atoms with Crippen LogP contribution in [0.5, 0.6) is 0 Å². The Balaban J connectivity index is 2.76. The van der Waals surface area contributed by atoms with Gasteiger partial charge >= 0.3 is 0 Å². The molecule has 27 heavy (non-hydrogen) atoms. The number of nitrogens with zero attached hydrogens (tertiary/aromatic N) is 2. The molecule has 0 radical (unpaired) electrons. The van der Waals surface area contributed by atoms with E-state index in [0.29, 0.717) is 17.7 Å². The quantitative estimate of drug-likeness (QED) is 0.462. The summed E-state index contributed by atoms with van der Waals surface area (Å²) in [5, 5.41) is 14.1. The summed E-state index contributed by atoms with van der Waals surface area (Å²) in [5.74, 6) is -2.02. The van der Waals surface area contributed by atoms with Crippen molar-refractivity contribution in [3.05, 3.63) is 40.8 Å². The van der Waals surface area contributed by atoms with E-state index in [1.807, 2.05) is 0 Å². The average molecular weight is 370 g/mol. The summed E-state index contributed by atoms with van der Waals surface area (Å²) < 4.78 is 15.3. The molecular formula is C19H19FN4O3. The number of anilines is 1. The predicted octanol–water partition coefficient (Wildman–Crippen LogP) is 2.29. The second kappa shape index (κ2) is 7.83. The molecule has 0 unspecified atom stereocenters. The normalized spacial score (nSPS) is 10.4. The van der Waals surface area contributed by atoms with Gasteiger partial charge in [0.2, 0.25) is 6.41 Å². The topological polar surface area (TPSA) is 104 Å². The predicted molar refractivity (Wildman–Crippen MR) is 97.6 cm³/mol. The molecule has 0 fully saturated rings. The van der Waals surface area contributed by atoms with Crippen LogP contribution < -0.4 is 10.6 Å². The van der Waals surface area contributed by atoms with Gasteiger partial charge < -0.3 is 15.2 Å². The smallest absolute Gasteiger partial charge is 0.292 e. The lowest BCUT2D eigenvalue weighted by molar-refractivity contribution is -0.117. The van der Waals surface area contributed by atoms with Gasteiger partial charge in [-0.1, -0.05) is 6.07 Å². The maximum absolute atomic E-state index is 13.7. The number of hydrogen-bond donors (Lipinski definition) is 2. The van der Waals surface area contributed by atoms with Crippen molar-refractivity contribution in [2.45, 2.75) is 26.8 Å². The third-order valence-corrected chi connectivity index (χ3v) is 4.11. The Hall–Kier alpha value is -3.47. The van der Waals surface area contributed by atoms with Crippen molar-refractivity contribution in [2.75, 3.05) is 5.32 Å². The van der Waals surface area contributed by atoms with Crippen LogP contribution in [0.3, 0.4) is 0 Å². The van der Waals surface area contributed by atoms with E-state index in [-0.39, 0.29) is 28.6 Å². The van der Waals surface area contributed by atoms with Gasteiger partial charge in [0.05, 0.1) is 11.1 Å². The Kier molecular flexibility index (Phi) is 5.75. The second-order valence-corrected chi connectivity index (χ2v) is 6.27. The van der Waals surface area contributed by atoms with Crippen LogP contribution in [0.25, 0.3) is 11.1 Å². The van der Waals surface area contributed by atoms with Crippen LogP contribution in [0.4, 0.5) is 10.2 Å². The fourth-order valence-electron chi connectivity index (χ4n) is 2.79. The maximum Gasteiger partial charge on any atom is 0.292 e. The highest BCUT2D eigenvalue weighted by atomic mass is 19.1. The number of Topliss-reactive ketones (excluding diaryl/α,β-unsaturated/α-hetero) is 1. The van der Waals surface area contributed by atoms with Crippen molar-refractivity contribution in [3.8, 4) is 17.2 Å². The molecule has 0 aliphatic rings. The molecule has 0 atom stereocenters. The van der Waals surface area contributed by atoms with E-state index in [0.717, 1.165) is 6.07 Å². The molecule has 2 amide bonds. The molecule has 0 saturated heterocycles. The molecule has 0 saturated carbocycles. The van der Waals surface area contributed by atoms with Gasteiger partial charge in [0.15, 0.2) is 0 Å². The average Bonchev–Trinajstić information content (AvgIpc) is 2.86. The third-order valence-electron chi connectivity index (χ3n) is 4.11. The molecule has 0 bridgehead atoms. The zero-order valence-corrected chi connectivity index (χ0v) is 15.4. The number of carbonyl (C=O) groups excluding carboxylic acids is 3. The first-order valence-corrected chi connectivity index (χ1v) is 8.17. The van der Waals surface area contributed by atoms with Gasteiger partial charge in [0.1, 0.15) is 17.7 Å². The minimum atomic E-state index is -0.791. The SMILES string of the molecule is Cc1c(C(=O)C(=O)NC(C)C)c(-c2ccc(F)c(C#N)c2)c(NC=O)n1C. The Labute approximate surface area is 155 Å². The standard InChI is InChI=1S/C19H19FN4O3/c1-10(2)23-19(27)17(26)15-11(3)24(4)18(22-9-25)16(15)12-5-6-14(20)13(7-12)8-21/h5-7,9-10H,1-4H3,(H,22,25)(H,23,27). The van der Waals surface area contributed by atoms with Crippen LogP contribution in [0, 0.1) is 24.1 Å². The fourth-order valence-corrected chi connectivity index (χ4v) is 2.79.